The van der Waals surface area contributed by atoms with Crippen LogP contribution in [0.1, 0.15) is 9.49 Å². The molecule has 0 unspecified atom stereocenters. The molecule has 0 saturated heterocycles. The third kappa shape index (κ3) is 1.74. The number of para-hydroxylation sites is 1. The Morgan fingerprint density at radius 2 is 1.59 bits per heavy atom. The van der Waals surface area contributed by atoms with E-state index in [1.807, 2.05) is 42.5 Å². The summed E-state index contributed by atoms with van der Waals surface area (Å²) in [6.45, 7) is 0. The van der Waals surface area contributed by atoms with Crippen LogP contribution in [-0.4, -0.2) is 5.91 Å². The molecule has 0 aromatic heterocycles. The van der Waals surface area contributed by atoms with Crippen molar-refractivity contribution in [2.24, 2.45) is 0 Å². The molecule has 1 aliphatic rings. The number of hydrogen-bond acceptors (Lipinski definition) is 1. The number of amides is 1. The predicted octanol–water partition coefficient (Wildman–Crippen LogP) is 3.78. The second-order valence-electron chi connectivity index (χ2n) is 3.98. The lowest BCUT2D eigenvalue weighted by Crippen LogP contribution is -2.15. The summed E-state index contributed by atoms with van der Waals surface area (Å²) in [5, 5.41) is 2.97. The monoisotopic (exact) mass is 335 g/mol. The number of halogens is 1. The van der Waals surface area contributed by atoms with E-state index < -0.39 is 0 Å². The number of benzene rings is 2. The smallest absolute Gasteiger partial charge is 0.241 e. The lowest BCUT2D eigenvalue weighted by Gasteiger charge is -2.09. The molecule has 0 aliphatic carbocycles. The van der Waals surface area contributed by atoms with Crippen LogP contribution in [0.15, 0.2) is 48.5 Å². The van der Waals surface area contributed by atoms with Crippen molar-refractivity contribution >= 4 is 34.2 Å². The van der Waals surface area contributed by atoms with E-state index >= 15 is 0 Å². The first-order chi connectivity index (χ1) is 8.27. The van der Waals surface area contributed by atoms with Gasteiger partial charge in [-0.3, -0.25) is 4.79 Å². The fourth-order valence-electron chi connectivity index (χ4n) is 2.13. The Labute approximate surface area is 113 Å². The van der Waals surface area contributed by atoms with Gasteiger partial charge in [-0.2, -0.15) is 0 Å². The van der Waals surface area contributed by atoms with Crippen LogP contribution in [0, 0.1) is 0 Å². The summed E-state index contributed by atoms with van der Waals surface area (Å²) in [6, 6.07) is 16.0. The maximum Gasteiger partial charge on any atom is 0.241 e. The minimum absolute atomic E-state index is 0.0444. The first-order valence-corrected chi connectivity index (χ1v) is 6.65. The molecule has 0 fully saturated rings. The second-order valence-corrected chi connectivity index (χ2v) is 5.23. The lowest BCUT2D eigenvalue weighted by molar-refractivity contribution is -0.115. The van der Waals surface area contributed by atoms with Gasteiger partial charge in [0.05, 0.1) is 0 Å². The lowest BCUT2D eigenvalue weighted by atomic mass is 9.98. The van der Waals surface area contributed by atoms with E-state index in [2.05, 4.69) is 34.0 Å². The fraction of sp³-hybridized carbons (Fsp3) is 0.0714. The van der Waals surface area contributed by atoms with Crippen molar-refractivity contribution in [1.29, 1.82) is 0 Å². The van der Waals surface area contributed by atoms with E-state index in [-0.39, 0.29) is 9.83 Å². The van der Waals surface area contributed by atoms with E-state index in [1.54, 1.807) is 0 Å². The number of carbonyl (C=O) groups is 1. The normalized spacial score (nSPS) is 17.7. The number of carbonyl (C=O) groups excluding carboxylic acids is 1. The van der Waals surface area contributed by atoms with Crippen molar-refractivity contribution < 1.29 is 4.79 Å². The van der Waals surface area contributed by atoms with Crippen LogP contribution in [0.4, 0.5) is 5.69 Å². The van der Waals surface area contributed by atoms with Crippen LogP contribution in [0.2, 0.25) is 0 Å². The molecular formula is C14H10INO. The van der Waals surface area contributed by atoms with Crippen molar-refractivity contribution in [3.05, 3.63) is 54.1 Å². The minimum Gasteiger partial charge on any atom is -0.324 e. The van der Waals surface area contributed by atoms with Crippen LogP contribution < -0.4 is 5.32 Å². The van der Waals surface area contributed by atoms with Crippen LogP contribution >= 0.6 is 22.6 Å². The van der Waals surface area contributed by atoms with Gasteiger partial charge in [-0.25, -0.2) is 0 Å². The zero-order valence-corrected chi connectivity index (χ0v) is 11.1. The molecule has 17 heavy (non-hydrogen) atoms. The highest BCUT2D eigenvalue weighted by atomic mass is 127. The summed E-state index contributed by atoms with van der Waals surface area (Å²) in [5.41, 5.74) is 4.20. The Hall–Kier alpha value is -1.36. The fourth-order valence-corrected chi connectivity index (χ4v) is 2.83. The molecule has 1 heterocycles. The number of alkyl halides is 1. The zero-order valence-electron chi connectivity index (χ0n) is 8.98. The Balaban J connectivity index is 2.33. The molecule has 1 atom stereocenters. The number of nitrogens with one attached hydrogen (secondary N) is 1. The summed E-state index contributed by atoms with van der Waals surface area (Å²) in [7, 11) is 0. The van der Waals surface area contributed by atoms with Crippen LogP contribution in [-0.2, 0) is 4.79 Å². The molecule has 2 nitrogen and oxygen atoms in total. The summed E-state index contributed by atoms with van der Waals surface area (Å²) >= 11 is 2.19. The van der Waals surface area contributed by atoms with Crippen LogP contribution in [0.25, 0.3) is 11.1 Å². The molecule has 1 aliphatic heterocycles. The van der Waals surface area contributed by atoms with E-state index in [0.717, 1.165) is 22.4 Å². The quantitative estimate of drug-likeness (QED) is 0.576. The maximum atomic E-state index is 12.0. The van der Waals surface area contributed by atoms with Gasteiger partial charge in [0.15, 0.2) is 0 Å². The molecule has 2 aromatic rings. The van der Waals surface area contributed by atoms with Crippen molar-refractivity contribution in [3.63, 3.8) is 0 Å². The number of hydrogen-bond donors (Lipinski definition) is 1. The average Bonchev–Trinajstić information content (AvgIpc) is 2.48. The van der Waals surface area contributed by atoms with Gasteiger partial charge in [-0.1, -0.05) is 65.1 Å². The van der Waals surface area contributed by atoms with Crippen LogP contribution in [0.3, 0.4) is 0 Å². The van der Waals surface area contributed by atoms with Crippen molar-refractivity contribution in [3.8, 4) is 11.1 Å². The van der Waals surface area contributed by atoms with Crippen molar-refractivity contribution in [1.82, 2.24) is 0 Å². The number of fused-ring (bicyclic) bond motifs is 3. The number of rotatable bonds is 0. The third-order valence-electron chi connectivity index (χ3n) is 2.94. The van der Waals surface area contributed by atoms with Gasteiger partial charge in [0, 0.05) is 11.3 Å². The maximum absolute atomic E-state index is 12.0. The molecule has 0 spiro atoms. The van der Waals surface area contributed by atoms with Gasteiger partial charge in [0.1, 0.15) is 3.92 Å². The molecule has 0 saturated carbocycles. The topological polar surface area (TPSA) is 29.1 Å². The second kappa shape index (κ2) is 4.14. The van der Waals surface area contributed by atoms with Crippen LogP contribution in [0.5, 0.6) is 0 Å². The standard InChI is InChI=1S/C14H10INO/c15-13-11-7-2-1-5-9(11)10-6-3-4-8-12(10)16-14(13)17/h1-8,13H,(H,16,17)/t13-/m0/s1. The van der Waals surface area contributed by atoms with E-state index in [1.165, 1.54) is 0 Å². The Morgan fingerprint density at radius 3 is 2.41 bits per heavy atom. The Morgan fingerprint density at radius 1 is 0.941 bits per heavy atom. The molecule has 1 N–H and O–H groups in total. The largest absolute Gasteiger partial charge is 0.324 e. The van der Waals surface area contributed by atoms with Crippen molar-refractivity contribution in [2.45, 2.75) is 3.92 Å². The Kier molecular flexibility index (Phi) is 2.63. The van der Waals surface area contributed by atoms with E-state index in [9.17, 15) is 4.79 Å². The minimum atomic E-state index is -0.142. The predicted molar refractivity (Wildman–Crippen MR) is 77.3 cm³/mol. The molecule has 0 radical (unpaired) electrons. The molecule has 3 rings (SSSR count). The highest BCUT2D eigenvalue weighted by Crippen LogP contribution is 2.40. The van der Waals surface area contributed by atoms with Gasteiger partial charge in [-0.15, -0.1) is 0 Å². The summed E-state index contributed by atoms with van der Waals surface area (Å²) in [6.07, 6.45) is 0. The first-order valence-electron chi connectivity index (χ1n) is 5.40. The summed E-state index contributed by atoms with van der Waals surface area (Å²) in [5.74, 6) is 0.0444. The van der Waals surface area contributed by atoms with Crippen molar-refractivity contribution in [2.75, 3.05) is 5.32 Å². The van der Waals surface area contributed by atoms with E-state index in [0.29, 0.717) is 0 Å². The average molecular weight is 335 g/mol. The van der Waals surface area contributed by atoms with Gasteiger partial charge >= 0.3 is 0 Å². The van der Waals surface area contributed by atoms with E-state index in [4.69, 9.17) is 0 Å². The zero-order chi connectivity index (χ0) is 11.8. The number of anilines is 1. The summed E-state index contributed by atoms with van der Waals surface area (Å²) < 4.78 is -0.142. The van der Waals surface area contributed by atoms with Gasteiger partial charge < -0.3 is 5.32 Å². The first kappa shape index (κ1) is 10.8. The SMILES string of the molecule is O=C1Nc2ccccc2-c2ccccc2[C@@H]1I. The molecular weight excluding hydrogens is 325 g/mol. The highest BCUT2D eigenvalue weighted by molar-refractivity contribution is 14.1. The van der Waals surface area contributed by atoms with Gasteiger partial charge in [0.25, 0.3) is 0 Å². The molecule has 2 aromatic carbocycles. The molecule has 0 bridgehead atoms. The third-order valence-corrected chi connectivity index (χ3v) is 4.18. The molecule has 3 heteroatoms. The van der Waals surface area contributed by atoms with Gasteiger partial charge in [-0.05, 0) is 17.2 Å². The highest BCUT2D eigenvalue weighted by Gasteiger charge is 2.25. The van der Waals surface area contributed by atoms with Gasteiger partial charge in [0.2, 0.25) is 5.91 Å². The molecule has 84 valence electrons. The molecule has 1 amide bonds. The summed E-state index contributed by atoms with van der Waals surface area (Å²) in [4.78, 5) is 12.0. The Bertz CT molecular complexity index is 594.